The van der Waals surface area contributed by atoms with Gasteiger partial charge < -0.3 is 4.90 Å². The Hall–Kier alpha value is -2.54. The first-order chi connectivity index (χ1) is 11.8. The van der Waals surface area contributed by atoms with Gasteiger partial charge in [0.1, 0.15) is 0 Å². The summed E-state index contributed by atoms with van der Waals surface area (Å²) in [6.07, 6.45) is 7.86. The lowest BCUT2D eigenvalue weighted by Crippen LogP contribution is -2.22. The van der Waals surface area contributed by atoms with Crippen LogP contribution in [0.1, 0.15) is 29.2 Å². The lowest BCUT2D eigenvalue weighted by atomic mass is 9.85. The molecule has 0 fully saturated rings. The normalized spacial score (nSPS) is 16.6. The predicted molar refractivity (Wildman–Crippen MR) is 102 cm³/mol. The van der Waals surface area contributed by atoms with Crippen LogP contribution in [0.3, 0.4) is 0 Å². The largest absolute Gasteiger partial charge is 0.374 e. The summed E-state index contributed by atoms with van der Waals surface area (Å²) in [4.78, 5) is 2.38. The van der Waals surface area contributed by atoms with Crippen molar-refractivity contribution in [3.63, 3.8) is 0 Å². The number of allylic oxidation sites excluding steroid dienone is 1. The first-order valence-corrected chi connectivity index (χ1v) is 8.76. The highest BCUT2D eigenvalue weighted by atomic mass is 15.1. The van der Waals surface area contributed by atoms with Gasteiger partial charge in [-0.05, 0) is 52.9 Å². The minimum absolute atomic E-state index is 0.468. The zero-order valence-electron chi connectivity index (χ0n) is 14.2. The molecule has 0 bridgehead atoms. The Morgan fingerprint density at radius 1 is 0.958 bits per heavy atom. The summed E-state index contributed by atoms with van der Waals surface area (Å²) in [5.41, 5.74) is 4.33. The number of hydrogen-bond donors (Lipinski definition) is 0. The van der Waals surface area contributed by atoms with Gasteiger partial charge in [0.15, 0.2) is 0 Å². The van der Waals surface area contributed by atoms with Crippen molar-refractivity contribution >= 4 is 10.8 Å². The van der Waals surface area contributed by atoms with Crippen LogP contribution in [0.4, 0.5) is 0 Å². The lowest BCUT2D eigenvalue weighted by Gasteiger charge is -2.32. The van der Waals surface area contributed by atoms with Crippen LogP contribution in [0.15, 0.2) is 79.0 Å². The van der Waals surface area contributed by atoms with Crippen molar-refractivity contribution in [2.75, 3.05) is 7.05 Å². The Labute approximate surface area is 144 Å². The van der Waals surface area contributed by atoms with Gasteiger partial charge in [0, 0.05) is 7.05 Å². The molecule has 0 N–H and O–H groups in total. The Balaban J connectivity index is 1.57. The van der Waals surface area contributed by atoms with Crippen LogP contribution in [-0.2, 0) is 12.8 Å². The van der Waals surface area contributed by atoms with E-state index >= 15 is 0 Å². The Morgan fingerprint density at radius 3 is 2.58 bits per heavy atom. The second-order valence-electron chi connectivity index (χ2n) is 6.66. The van der Waals surface area contributed by atoms with Crippen molar-refractivity contribution < 1.29 is 0 Å². The van der Waals surface area contributed by atoms with E-state index in [1.165, 1.54) is 33.9 Å². The molecule has 1 aliphatic carbocycles. The number of rotatable bonds is 4. The maximum atomic E-state index is 2.38. The van der Waals surface area contributed by atoms with Gasteiger partial charge in [0.2, 0.25) is 0 Å². The lowest BCUT2D eigenvalue weighted by molar-refractivity contribution is 0.316. The van der Waals surface area contributed by atoms with E-state index in [-0.39, 0.29) is 0 Å². The van der Waals surface area contributed by atoms with Gasteiger partial charge >= 0.3 is 0 Å². The molecule has 0 aromatic heterocycles. The summed E-state index contributed by atoms with van der Waals surface area (Å²) in [5.74, 6) is 0. The van der Waals surface area contributed by atoms with Crippen LogP contribution < -0.4 is 0 Å². The van der Waals surface area contributed by atoms with Crippen LogP contribution in [0.25, 0.3) is 10.8 Å². The molecule has 120 valence electrons. The number of hydrogen-bond acceptors (Lipinski definition) is 1. The molecule has 1 nitrogen and oxygen atoms in total. The van der Waals surface area contributed by atoms with E-state index in [0.717, 1.165) is 12.8 Å². The SMILES string of the molecule is CN(C=CCc1ccccc1)C1CCc2cccc3cccc1c23. The maximum absolute atomic E-state index is 2.38. The molecular weight excluding hydrogens is 290 g/mol. The molecule has 0 saturated heterocycles. The average Bonchev–Trinajstić information content (AvgIpc) is 2.63. The predicted octanol–water partition coefficient (Wildman–Crippen LogP) is 5.52. The topological polar surface area (TPSA) is 3.24 Å². The van der Waals surface area contributed by atoms with Gasteiger partial charge in [-0.3, -0.25) is 0 Å². The van der Waals surface area contributed by atoms with Gasteiger partial charge in [-0.15, -0.1) is 0 Å². The highest BCUT2D eigenvalue weighted by Gasteiger charge is 2.23. The zero-order chi connectivity index (χ0) is 16.4. The van der Waals surface area contributed by atoms with Gasteiger partial charge in [0.25, 0.3) is 0 Å². The second-order valence-corrected chi connectivity index (χ2v) is 6.66. The summed E-state index contributed by atoms with van der Waals surface area (Å²) in [5, 5.41) is 2.84. The van der Waals surface area contributed by atoms with Crippen LogP contribution in [0, 0.1) is 0 Å². The van der Waals surface area contributed by atoms with Crippen molar-refractivity contribution in [3.05, 3.63) is 95.7 Å². The number of aryl methyl sites for hydroxylation is 1. The summed E-state index contributed by atoms with van der Waals surface area (Å²) in [6, 6.07) is 24.5. The molecule has 24 heavy (non-hydrogen) atoms. The average molecular weight is 313 g/mol. The monoisotopic (exact) mass is 313 g/mol. The number of benzene rings is 3. The van der Waals surface area contributed by atoms with Crippen molar-refractivity contribution in [1.29, 1.82) is 0 Å². The third kappa shape index (κ3) is 2.82. The van der Waals surface area contributed by atoms with Gasteiger partial charge in [0.05, 0.1) is 6.04 Å². The molecule has 0 heterocycles. The second kappa shape index (κ2) is 6.52. The highest BCUT2D eigenvalue weighted by molar-refractivity contribution is 5.90. The van der Waals surface area contributed by atoms with E-state index in [1.807, 2.05) is 0 Å². The van der Waals surface area contributed by atoms with Crippen LogP contribution >= 0.6 is 0 Å². The first-order valence-electron chi connectivity index (χ1n) is 8.76. The molecule has 1 unspecified atom stereocenters. The summed E-state index contributed by atoms with van der Waals surface area (Å²) < 4.78 is 0. The molecule has 0 aliphatic heterocycles. The standard InChI is InChI=1S/C23H23N/c1-24(17-7-10-18-8-3-2-4-9-18)22-16-15-20-12-5-11-19-13-6-14-21(22)23(19)20/h2-9,11-14,17,22H,10,15-16H2,1H3. The minimum atomic E-state index is 0.468. The molecule has 0 saturated carbocycles. The quantitative estimate of drug-likeness (QED) is 0.613. The van der Waals surface area contributed by atoms with Gasteiger partial charge in [-0.2, -0.15) is 0 Å². The summed E-state index contributed by atoms with van der Waals surface area (Å²) in [6.45, 7) is 0. The first kappa shape index (κ1) is 15.0. The Bertz CT molecular complexity index is 858. The Kier molecular flexibility index (Phi) is 4.08. The third-order valence-electron chi connectivity index (χ3n) is 5.10. The molecular formula is C23H23N. The fourth-order valence-electron chi connectivity index (χ4n) is 3.88. The van der Waals surface area contributed by atoms with E-state index in [9.17, 15) is 0 Å². The van der Waals surface area contributed by atoms with E-state index in [2.05, 4.69) is 91.0 Å². The smallest absolute Gasteiger partial charge is 0.0542 e. The van der Waals surface area contributed by atoms with E-state index in [1.54, 1.807) is 0 Å². The zero-order valence-corrected chi connectivity index (χ0v) is 14.2. The molecule has 0 spiro atoms. The van der Waals surface area contributed by atoms with Crippen LogP contribution in [0.5, 0.6) is 0 Å². The van der Waals surface area contributed by atoms with Crippen molar-refractivity contribution in [3.8, 4) is 0 Å². The van der Waals surface area contributed by atoms with Crippen molar-refractivity contribution in [2.24, 2.45) is 0 Å². The van der Waals surface area contributed by atoms with Crippen molar-refractivity contribution in [1.82, 2.24) is 4.90 Å². The number of nitrogens with zero attached hydrogens (tertiary/aromatic N) is 1. The molecule has 0 amide bonds. The molecule has 4 rings (SSSR count). The Morgan fingerprint density at radius 2 is 1.75 bits per heavy atom. The fraction of sp³-hybridized carbons (Fsp3) is 0.217. The molecule has 3 aromatic rings. The van der Waals surface area contributed by atoms with E-state index in [0.29, 0.717) is 6.04 Å². The molecule has 1 heteroatoms. The fourth-order valence-corrected chi connectivity index (χ4v) is 3.88. The van der Waals surface area contributed by atoms with Crippen molar-refractivity contribution in [2.45, 2.75) is 25.3 Å². The van der Waals surface area contributed by atoms with E-state index in [4.69, 9.17) is 0 Å². The van der Waals surface area contributed by atoms with Crippen LogP contribution in [0.2, 0.25) is 0 Å². The maximum Gasteiger partial charge on any atom is 0.0542 e. The molecule has 0 radical (unpaired) electrons. The summed E-state index contributed by atoms with van der Waals surface area (Å²) >= 11 is 0. The molecule has 1 aliphatic rings. The third-order valence-corrected chi connectivity index (χ3v) is 5.10. The van der Waals surface area contributed by atoms with Crippen LogP contribution in [-0.4, -0.2) is 11.9 Å². The summed E-state index contributed by atoms with van der Waals surface area (Å²) in [7, 11) is 2.21. The minimum Gasteiger partial charge on any atom is -0.374 e. The van der Waals surface area contributed by atoms with Gasteiger partial charge in [-0.25, -0.2) is 0 Å². The molecule has 3 aromatic carbocycles. The highest BCUT2D eigenvalue weighted by Crippen LogP contribution is 2.38. The molecule has 1 atom stereocenters. The van der Waals surface area contributed by atoms with E-state index < -0.39 is 0 Å². The van der Waals surface area contributed by atoms with Gasteiger partial charge in [-0.1, -0.05) is 72.8 Å².